The molecule has 126 valence electrons. The van der Waals surface area contributed by atoms with Gasteiger partial charge in [-0.1, -0.05) is 0 Å². The number of hydrogen-bond donors (Lipinski definition) is 0. The van der Waals surface area contributed by atoms with Gasteiger partial charge in [0.1, 0.15) is 0 Å². The third-order valence-electron chi connectivity index (χ3n) is 2.96. The topological polar surface area (TPSA) is 81.9 Å². The fourth-order valence-corrected chi connectivity index (χ4v) is 2.09. The smallest absolute Gasteiger partial charge is 0.425 e. The lowest BCUT2D eigenvalue weighted by molar-refractivity contribution is -0.195. The van der Waals surface area contributed by atoms with Crippen LogP contribution in [0.2, 0.25) is 0 Å². The van der Waals surface area contributed by atoms with E-state index in [1.165, 1.54) is 20.8 Å². The Hall–Kier alpha value is -2.00. The summed E-state index contributed by atoms with van der Waals surface area (Å²) in [5, 5.41) is 0. The third-order valence-corrected chi connectivity index (χ3v) is 2.96. The van der Waals surface area contributed by atoms with Crippen molar-refractivity contribution in [3.8, 4) is 0 Å². The van der Waals surface area contributed by atoms with Crippen LogP contribution in [0.3, 0.4) is 0 Å². The van der Waals surface area contributed by atoms with Crippen LogP contribution < -0.4 is 0 Å². The van der Waals surface area contributed by atoms with Gasteiger partial charge in [0.25, 0.3) is 5.54 Å². The van der Waals surface area contributed by atoms with Gasteiger partial charge in [0.2, 0.25) is 0 Å². The fourth-order valence-electron chi connectivity index (χ4n) is 2.09. The Bertz CT molecular complexity index is 440. The first-order chi connectivity index (χ1) is 10.2. The number of nitrogens with zero attached hydrogens (tertiary/aromatic N) is 1. The van der Waals surface area contributed by atoms with Crippen molar-refractivity contribution in [1.82, 2.24) is 4.90 Å². The number of alkyl halides is 3. The van der Waals surface area contributed by atoms with Crippen molar-refractivity contribution >= 4 is 18.0 Å². The number of esters is 2. The highest BCUT2D eigenvalue weighted by Gasteiger charge is 2.88. The van der Waals surface area contributed by atoms with E-state index in [1.54, 1.807) is 0 Å². The molecule has 22 heavy (non-hydrogen) atoms. The second-order valence-electron chi connectivity index (χ2n) is 4.21. The van der Waals surface area contributed by atoms with Crippen LogP contribution in [0.1, 0.15) is 20.8 Å². The number of halogens is 3. The molecule has 1 fully saturated rings. The largest absolute Gasteiger partial charge is 0.464 e. The molecule has 0 bridgehead atoms. The van der Waals surface area contributed by atoms with Crippen LogP contribution in [0.15, 0.2) is 0 Å². The second kappa shape index (κ2) is 6.41. The minimum atomic E-state index is -5.22. The van der Waals surface area contributed by atoms with Gasteiger partial charge in [-0.15, -0.1) is 0 Å². The maximum absolute atomic E-state index is 13.4. The summed E-state index contributed by atoms with van der Waals surface area (Å²) in [7, 11) is 0. The number of ether oxygens (including phenoxy) is 3. The van der Waals surface area contributed by atoms with Crippen LogP contribution in [0, 0.1) is 0 Å². The SMILES string of the molecule is CCOC(=O)[C@H]1N(C(=O)OCC)[C@]1(C(=O)OCC)C(F)(F)F. The summed E-state index contributed by atoms with van der Waals surface area (Å²) in [6.45, 7) is 3.29. The summed E-state index contributed by atoms with van der Waals surface area (Å²) in [4.78, 5) is 35.2. The highest BCUT2D eigenvalue weighted by Crippen LogP contribution is 2.54. The van der Waals surface area contributed by atoms with E-state index in [0.717, 1.165) is 0 Å². The molecule has 0 radical (unpaired) electrons. The van der Waals surface area contributed by atoms with Crippen LogP contribution in [-0.2, 0) is 23.8 Å². The Morgan fingerprint density at radius 2 is 1.50 bits per heavy atom. The van der Waals surface area contributed by atoms with Gasteiger partial charge in [-0.05, 0) is 20.8 Å². The Morgan fingerprint density at radius 1 is 1.00 bits per heavy atom. The van der Waals surface area contributed by atoms with E-state index in [4.69, 9.17) is 0 Å². The van der Waals surface area contributed by atoms with Crippen molar-refractivity contribution in [2.45, 2.75) is 38.5 Å². The fraction of sp³-hybridized carbons (Fsp3) is 0.750. The zero-order valence-corrected chi connectivity index (χ0v) is 12.2. The van der Waals surface area contributed by atoms with Crippen molar-refractivity contribution in [2.75, 3.05) is 19.8 Å². The first-order valence-corrected chi connectivity index (χ1v) is 6.56. The minimum absolute atomic E-state index is 0.00644. The van der Waals surface area contributed by atoms with Gasteiger partial charge in [0, 0.05) is 0 Å². The molecule has 1 saturated heterocycles. The van der Waals surface area contributed by atoms with Gasteiger partial charge in [-0.2, -0.15) is 13.2 Å². The highest BCUT2D eigenvalue weighted by molar-refractivity contribution is 6.04. The molecule has 0 saturated carbocycles. The molecule has 7 nitrogen and oxygen atoms in total. The number of carbonyl (C=O) groups excluding carboxylic acids is 3. The molecule has 1 amide bonds. The average molecular weight is 327 g/mol. The molecule has 1 rings (SSSR count). The number of amides is 1. The van der Waals surface area contributed by atoms with E-state index >= 15 is 0 Å². The quantitative estimate of drug-likeness (QED) is 0.429. The van der Waals surface area contributed by atoms with Crippen LogP contribution in [-0.4, -0.2) is 60.5 Å². The lowest BCUT2D eigenvalue weighted by atomic mass is 10.0. The molecule has 2 atom stereocenters. The van der Waals surface area contributed by atoms with E-state index in [-0.39, 0.29) is 24.7 Å². The molecule has 10 heteroatoms. The molecule has 0 N–H and O–H groups in total. The van der Waals surface area contributed by atoms with Gasteiger partial charge >= 0.3 is 24.2 Å². The summed E-state index contributed by atoms with van der Waals surface area (Å²) < 4.78 is 53.6. The normalized spacial score (nSPS) is 23.7. The standard InChI is InChI=1S/C12H16F3NO6/c1-4-20-8(17)7-11(12(13,14)15,9(18)21-5-2)16(7)10(19)22-6-3/h7H,4-6H2,1-3H3/t7-,11-,16?/m1/s1. The van der Waals surface area contributed by atoms with Crippen molar-refractivity contribution in [3.05, 3.63) is 0 Å². The number of rotatable bonds is 5. The van der Waals surface area contributed by atoms with Crippen molar-refractivity contribution in [1.29, 1.82) is 0 Å². The summed E-state index contributed by atoms with van der Waals surface area (Å²) in [5.74, 6) is -3.09. The van der Waals surface area contributed by atoms with E-state index in [0.29, 0.717) is 0 Å². The van der Waals surface area contributed by atoms with E-state index in [2.05, 4.69) is 14.2 Å². The summed E-state index contributed by atoms with van der Waals surface area (Å²) in [5.41, 5.74) is -3.40. The summed E-state index contributed by atoms with van der Waals surface area (Å²) in [6.07, 6.45) is -6.66. The van der Waals surface area contributed by atoms with Crippen LogP contribution in [0.25, 0.3) is 0 Å². The molecular weight excluding hydrogens is 311 g/mol. The monoisotopic (exact) mass is 327 g/mol. The number of hydrogen-bond acceptors (Lipinski definition) is 6. The maximum Gasteiger partial charge on any atom is 0.425 e. The first kappa shape index (κ1) is 18.1. The van der Waals surface area contributed by atoms with Crippen LogP contribution in [0.5, 0.6) is 0 Å². The molecule has 0 aromatic heterocycles. The number of carbonyl (C=O) groups is 3. The van der Waals surface area contributed by atoms with Gasteiger partial charge < -0.3 is 14.2 Å². The molecular formula is C12H16F3NO6. The van der Waals surface area contributed by atoms with Crippen molar-refractivity contribution in [2.24, 2.45) is 0 Å². The molecule has 0 spiro atoms. The molecule has 0 aromatic carbocycles. The average Bonchev–Trinajstić information content (AvgIpc) is 3.10. The van der Waals surface area contributed by atoms with Crippen molar-refractivity contribution in [3.63, 3.8) is 0 Å². The summed E-state index contributed by atoms with van der Waals surface area (Å²) >= 11 is 0. The molecule has 1 aliphatic rings. The predicted octanol–water partition coefficient (Wildman–Crippen LogP) is 1.25. The minimum Gasteiger partial charge on any atom is -0.464 e. The highest BCUT2D eigenvalue weighted by atomic mass is 19.4. The van der Waals surface area contributed by atoms with Crippen molar-refractivity contribution < 1.29 is 41.8 Å². The van der Waals surface area contributed by atoms with E-state index < -0.39 is 35.8 Å². The molecule has 0 aromatic rings. The second-order valence-corrected chi connectivity index (χ2v) is 4.21. The molecule has 1 heterocycles. The molecule has 1 aliphatic heterocycles. The Morgan fingerprint density at radius 3 is 1.91 bits per heavy atom. The molecule has 0 unspecified atom stereocenters. The van der Waals surface area contributed by atoms with E-state index in [9.17, 15) is 27.6 Å². The zero-order chi connectivity index (χ0) is 17.1. The Kier molecular flexibility index (Phi) is 5.26. The van der Waals surface area contributed by atoms with Crippen LogP contribution in [0.4, 0.5) is 18.0 Å². The zero-order valence-electron chi connectivity index (χ0n) is 12.2. The first-order valence-electron chi connectivity index (χ1n) is 6.56. The Labute approximate surface area is 124 Å². The van der Waals surface area contributed by atoms with Gasteiger partial charge in [0.15, 0.2) is 6.04 Å². The van der Waals surface area contributed by atoms with E-state index in [1.807, 2.05) is 0 Å². The summed E-state index contributed by atoms with van der Waals surface area (Å²) in [6, 6.07) is -2.15. The maximum atomic E-state index is 13.4. The lowest BCUT2D eigenvalue weighted by Crippen LogP contribution is -2.48. The van der Waals surface area contributed by atoms with Crippen LogP contribution >= 0.6 is 0 Å². The van der Waals surface area contributed by atoms with Gasteiger partial charge in [-0.25, -0.2) is 14.4 Å². The van der Waals surface area contributed by atoms with Gasteiger partial charge in [-0.3, -0.25) is 4.90 Å². The van der Waals surface area contributed by atoms with Gasteiger partial charge in [0.05, 0.1) is 19.8 Å². The molecule has 0 aliphatic carbocycles. The predicted molar refractivity (Wildman–Crippen MR) is 64.7 cm³/mol. The third kappa shape index (κ3) is 2.69. The Balaban J connectivity index is 3.27. The lowest BCUT2D eigenvalue weighted by Gasteiger charge is -2.18.